The summed E-state index contributed by atoms with van der Waals surface area (Å²) < 4.78 is 1.28. The summed E-state index contributed by atoms with van der Waals surface area (Å²) >= 11 is 2.67. The van der Waals surface area contributed by atoms with Gasteiger partial charge in [-0.25, -0.2) is 9.97 Å². The zero-order valence-electron chi connectivity index (χ0n) is 15.2. The van der Waals surface area contributed by atoms with Crippen LogP contribution in [0.3, 0.4) is 0 Å². The van der Waals surface area contributed by atoms with Crippen molar-refractivity contribution in [3.63, 3.8) is 0 Å². The molecule has 0 radical (unpaired) electrons. The van der Waals surface area contributed by atoms with E-state index in [2.05, 4.69) is 20.6 Å². The second kappa shape index (κ2) is 7.94. The molecule has 29 heavy (non-hydrogen) atoms. The molecule has 0 atom stereocenters. The van der Waals surface area contributed by atoms with Crippen LogP contribution in [-0.2, 0) is 16.1 Å². The van der Waals surface area contributed by atoms with E-state index in [1.807, 2.05) is 17.5 Å². The lowest BCUT2D eigenvalue weighted by Crippen LogP contribution is -2.27. The molecule has 3 heterocycles. The highest BCUT2D eigenvalue weighted by atomic mass is 32.1. The molecule has 10 heteroatoms. The predicted molar refractivity (Wildman–Crippen MR) is 114 cm³/mol. The summed E-state index contributed by atoms with van der Waals surface area (Å²) in [6.07, 6.45) is 1.38. The molecule has 0 aliphatic carbocycles. The van der Waals surface area contributed by atoms with Gasteiger partial charge in [-0.1, -0.05) is 12.1 Å². The summed E-state index contributed by atoms with van der Waals surface area (Å²) in [7, 11) is 0. The van der Waals surface area contributed by atoms with Crippen molar-refractivity contribution >= 4 is 55.5 Å². The fraction of sp³-hybridized carbons (Fsp3) is 0.105. The molecule has 4 rings (SSSR count). The Morgan fingerprint density at radius 1 is 1.10 bits per heavy atom. The SMILES string of the molecule is CC(=O)Nc1ccc(-c2csc(NC(=O)Cn3cnc4sccc4c3=O)n2)cc1. The summed E-state index contributed by atoms with van der Waals surface area (Å²) in [5.74, 6) is -0.491. The lowest BCUT2D eigenvalue weighted by atomic mass is 10.1. The minimum atomic E-state index is -0.356. The number of carbonyl (C=O) groups excluding carboxylic acids is 2. The van der Waals surface area contributed by atoms with Crippen molar-refractivity contribution in [2.24, 2.45) is 0 Å². The van der Waals surface area contributed by atoms with Gasteiger partial charge in [0, 0.05) is 23.6 Å². The molecule has 146 valence electrons. The zero-order valence-corrected chi connectivity index (χ0v) is 16.8. The first-order chi connectivity index (χ1) is 14.0. The summed E-state index contributed by atoms with van der Waals surface area (Å²) in [5, 5.41) is 9.98. The lowest BCUT2D eigenvalue weighted by molar-refractivity contribution is -0.117. The van der Waals surface area contributed by atoms with E-state index in [9.17, 15) is 14.4 Å². The number of hydrogen-bond donors (Lipinski definition) is 2. The molecule has 1 aromatic carbocycles. The summed E-state index contributed by atoms with van der Waals surface area (Å²) in [6.45, 7) is 1.31. The van der Waals surface area contributed by atoms with Gasteiger partial charge in [-0.15, -0.1) is 22.7 Å². The molecule has 0 fully saturated rings. The monoisotopic (exact) mass is 425 g/mol. The van der Waals surface area contributed by atoms with Crippen LogP contribution in [0, 0.1) is 0 Å². The number of hydrogen-bond acceptors (Lipinski definition) is 7. The molecule has 3 aromatic heterocycles. The van der Waals surface area contributed by atoms with Crippen LogP contribution in [0.2, 0.25) is 0 Å². The third-order valence-corrected chi connectivity index (χ3v) is 5.59. The molecule has 4 aromatic rings. The number of amides is 2. The second-order valence-electron chi connectivity index (χ2n) is 6.16. The highest BCUT2D eigenvalue weighted by molar-refractivity contribution is 7.16. The van der Waals surface area contributed by atoms with Crippen LogP contribution in [0.1, 0.15) is 6.92 Å². The Balaban J connectivity index is 1.44. The summed E-state index contributed by atoms with van der Waals surface area (Å²) in [5.41, 5.74) is 2.02. The van der Waals surface area contributed by atoms with Gasteiger partial charge in [0.15, 0.2) is 5.13 Å². The van der Waals surface area contributed by atoms with E-state index in [1.54, 1.807) is 23.6 Å². The van der Waals surface area contributed by atoms with E-state index in [0.29, 0.717) is 26.7 Å². The molecule has 2 N–H and O–H groups in total. The van der Waals surface area contributed by atoms with Gasteiger partial charge in [0.2, 0.25) is 11.8 Å². The quantitative estimate of drug-likeness (QED) is 0.511. The number of rotatable bonds is 5. The van der Waals surface area contributed by atoms with Crippen molar-refractivity contribution in [2.75, 3.05) is 10.6 Å². The van der Waals surface area contributed by atoms with Gasteiger partial charge in [-0.3, -0.25) is 19.0 Å². The molecule has 2 amide bonds. The normalized spacial score (nSPS) is 10.8. The number of benzene rings is 1. The Hall–Kier alpha value is -3.37. The molecule has 0 spiro atoms. The Labute approximate surface area is 172 Å². The number of carbonyl (C=O) groups is 2. The van der Waals surface area contributed by atoms with Gasteiger partial charge < -0.3 is 10.6 Å². The average molecular weight is 425 g/mol. The maximum atomic E-state index is 12.4. The molecule has 0 saturated carbocycles. The van der Waals surface area contributed by atoms with E-state index in [1.165, 1.54) is 40.5 Å². The van der Waals surface area contributed by atoms with Crippen LogP contribution in [0.25, 0.3) is 21.5 Å². The van der Waals surface area contributed by atoms with E-state index >= 15 is 0 Å². The Kier molecular flexibility index (Phi) is 5.19. The molecular weight excluding hydrogens is 410 g/mol. The third-order valence-electron chi connectivity index (χ3n) is 4.02. The first-order valence-electron chi connectivity index (χ1n) is 8.55. The summed E-state index contributed by atoms with van der Waals surface area (Å²) in [4.78, 5) is 45.1. The average Bonchev–Trinajstić information content (AvgIpc) is 3.34. The molecule has 0 unspecified atom stereocenters. The van der Waals surface area contributed by atoms with Crippen molar-refractivity contribution in [2.45, 2.75) is 13.5 Å². The Morgan fingerprint density at radius 3 is 2.66 bits per heavy atom. The number of nitrogens with zero attached hydrogens (tertiary/aromatic N) is 3. The van der Waals surface area contributed by atoms with Crippen molar-refractivity contribution in [3.05, 3.63) is 57.8 Å². The zero-order chi connectivity index (χ0) is 20.4. The summed E-state index contributed by atoms with van der Waals surface area (Å²) in [6, 6.07) is 8.96. The number of anilines is 2. The minimum absolute atomic E-state index is 0.135. The van der Waals surface area contributed by atoms with E-state index < -0.39 is 0 Å². The van der Waals surface area contributed by atoms with Gasteiger partial charge in [0.25, 0.3) is 5.56 Å². The molecule has 0 saturated heterocycles. The largest absolute Gasteiger partial charge is 0.326 e. The highest BCUT2D eigenvalue weighted by Crippen LogP contribution is 2.26. The fourth-order valence-electron chi connectivity index (χ4n) is 2.71. The van der Waals surface area contributed by atoms with Crippen molar-refractivity contribution < 1.29 is 9.59 Å². The maximum Gasteiger partial charge on any atom is 0.262 e. The predicted octanol–water partition coefficient (Wildman–Crippen LogP) is 3.18. The van der Waals surface area contributed by atoms with Gasteiger partial charge in [-0.2, -0.15) is 0 Å². The fourth-order valence-corrected chi connectivity index (χ4v) is 4.17. The smallest absolute Gasteiger partial charge is 0.262 e. The molecule has 0 bridgehead atoms. The minimum Gasteiger partial charge on any atom is -0.326 e. The highest BCUT2D eigenvalue weighted by Gasteiger charge is 2.11. The Bertz CT molecular complexity index is 1260. The van der Waals surface area contributed by atoms with Gasteiger partial charge in [-0.05, 0) is 23.6 Å². The van der Waals surface area contributed by atoms with Gasteiger partial charge in [0.05, 0.1) is 17.4 Å². The molecule has 0 aliphatic heterocycles. The number of nitrogens with one attached hydrogen (secondary N) is 2. The van der Waals surface area contributed by atoms with Crippen LogP contribution < -0.4 is 16.2 Å². The van der Waals surface area contributed by atoms with Gasteiger partial charge in [0.1, 0.15) is 11.4 Å². The van der Waals surface area contributed by atoms with Crippen LogP contribution in [-0.4, -0.2) is 26.3 Å². The van der Waals surface area contributed by atoms with Crippen LogP contribution in [0.5, 0.6) is 0 Å². The van der Waals surface area contributed by atoms with Crippen LogP contribution in [0.15, 0.2) is 52.2 Å². The number of aromatic nitrogens is 3. The van der Waals surface area contributed by atoms with Crippen molar-refractivity contribution in [3.8, 4) is 11.3 Å². The molecular formula is C19H15N5O3S2. The number of thiophene rings is 1. The lowest BCUT2D eigenvalue weighted by Gasteiger charge is -2.05. The molecule has 8 nitrogen and oxygen atoms in total. The van der Waals surface area contributed by atoms with E-state index in [4.69, 9.17) is 0 Å². The van der Waals surface area contributed by atoms with Crippen molar-refractivity contribution in [1.29, 1.82) is 0 Å². The van der Waals surface area contributed by atoms with Crippen molar-refractivity contribution in [1.82, 2.24) is 14.5 Å². The van der Waals surface area contributed by atoms with Gasteiger partial charge >= 0.3 is 0 Å². The van der Waals surface area contributed by atoms with E-state index in [0.717, 1.165) is 5.56 Å². The maximum absolute atomic E-state index is 12.4. The van der Waals surface area contributed by atoms with Crippen LogP contribution in [0.4, 0.5) is 10.8 Å². The first-order valence-corrected chi connectivity index (χ1v) is 10.3. The standard InChI is InChI=1S/C19H15N5O3S2/c1-11(25)21-13-4-2-12(3-5-13)15-9-29-19(22-15)23-16(26)8-24-10-20-17-14(18(24)27)6-7-28-17/h2-7,9-10H,8H2,1H3,(H,21,25)(H,22,23,26). The number of fused-ring (bicyclic) bond motifs is 1. The molecule has 0 aliphatic rings. The first kappa shape index (κ1) is 19.0. The third kappa shape index (κ3) is 4.23. The second-order valence-corrected chi connectivity index (χ2v) is 7.91. The van der Waals surface area contributed by atoms with Crippen LogP contribution >= 0.6 is 22.7 Å². The van der Waals surface area contributed by atoms with E-state index in [-0.39, 0.29) is 23.9 Å². The topological polar surface area (TPSA) is 106 Å². The Morgan fingerprint density at radius 2 is 1.90 bits per heavy atom. The number of thiazole rings is 1.